The monoisotopic (exact) mass is 411 g/mol. The van der Waals surface area contributed by atoms with Gasteiger partial charge in [-0.25, -0.2) is 4.98 Å². The predicted octanol–water partition coefficient (Wildman–Crippen LogP) is 5.45. The van der Waals surface area contributed by atoms with Gasteiger partial charge in [-0.05, 0) is 30.3 Å². The van der Waals surface area contributed by atoms with Crippen molar-refractivity contribution in [3.8, 4) is 11.5 Å². The lowest BCUT2D eigenvalue weighted by molar-refractivity contribution is -0.387. The summed E-state index contributed by atoms with van der Waals surface area (Å²) >= 11 is 5.89. The Bertz CT molecular complexity index is 1240. The van der Waals surface area contributed by atoms with Gasteiger partial charge in [-0.2, -0.15) is 4.39 Å². The van der Waals surface area contributed by atoms with Crippen LogP contribution in [0.25, 0.3) is 22.6 Å². The third-order valence-electron chi connectivity index (χ3n) is 4.14. The van der Waals surface area contributed by atoms with Gasteiger partial charge in [0.25, 0.3) is 5.91 Å². The minimum absolute atomic E-state index is 0.216. The molecule has 0 saturated carbocycles. The summed E-state index contributed by atoms with van der Waals surface area (Å²) in [5.74, 6) is -1.46. The van der Waals surface area contributed by atoms with E-state index in [2.05, 4.69) is 10.3 Å². The molecule has 1 aromatic heterocycles. The number of nitro groups is 1. The molecule has 7 nitrogen and oxygen atoms in total. The van der Waals surface area contributed by atoms with E-state index < -0.39 is 22.3 Å². The molecule has 0 radical (unpaired) electrons. The normalized spacial score (nSPS) is 10.8. The molecule has 0 aliphatic rings. The van der Waals surface area contributed by atoms with Crippen molar-refractivity contribution in [2.45, 2.75) is 0 Å². The van der Waals surface area contributed by atoms with Crippen LogP contribution in [0.4, 0.5) is 15.8 Å². The summed E-state index contributed by atoms with van der Waals surface area (Å²) in [6.07, 6.45) is 0. The standard InChI is InChI=1S/C20H11ClFN3O4/c21-14-10-15(22)17(25(27)28)9-13(14)19(26)23-12-5-3-4-11(8-12)20-24-16-6-1-2-7-18(16)29-20/h1-10H,(H,23,26). The molecule has 0 unspecified atom stereocenters. The van der Waals surface area contributed by atoms with E-state index in [1.807, 2.05) is 18.2 Å². The molecule has 0 spiro atoms. The van der Waals surface area contributed by atoms with E-state index in [9.17, 15) is 19.3 Å². The van der Waals surface area contributed by atoms with Gasteiger partial charge in [0.05, 0.1) is 15.5 Å². The summed E-state index contributed by atoms with van der Waals surface area (Å²) in [6, 6.07) is 15.5. The highest BCUT2D eigenvalue weighted by Crippen LogP contribution is 2.28. The molecule has 1 N–H and O–H groups in total. The number of amides is 1. The van der Waals surface area contributed by atoms with Crippen LogP contribution in [0.15, 0.2) is 65.1 Å². The van der Waals surface area contributed by atoms with Crippen LogP contribution in [0.2, 0.25) is 5.02 Å². The fraction of sp³-hybridized carbons (Fsp3) is 0. The zero-order valence-corrected chi connectivity index (χ0v) is 15.3. The van der Waals surface area contributed by atoms with E-state index in [0.29, 0.717) is 28.2 Å². The third kappa shape index (κ3) is 3.65. The number of para-hydroxylation sites is 2. The van der Waals surface area contributed by atoms with E-state index in [0.717, 1.165) is 12.1 Å². The first-order valence-electron chi connectivity index (χ1n) is 8.33. The highest BCUT2D eigenvalue weighted by atomic mass is 35.5. The Hall–Kier alpha value is -3.78. The first-order valence-corrected chi connectivity index (χ1v) is 8.71. The molecule has 0 bridgehead atoms. The minimum Gasteiger partial charge on any atom is -0.436 e. The van der Waals surface area contributed by atoms with Crippen molar-refractivity contribution >= 4 is 40.0 Å². The largest absolute Gasteiger partial charge is 0.436 e. The average molecular weight is 412 g/mol. The molecule has 9 heteroatoms. The van der Waals surface area contributed by atoms with E-state index >= 15 is 0 Å². The molecular formula is C20H11ClFN3O4. The fourth-order valence-corrected chi connectivity index (χ4v) is 3.01. The topological polar surface area (TPSA) is 98.3 Å². The van der Waals surface area contributed by atoms with Crippen molar-refractivity contribution in [2.24, 2.45) is 0 Å². The van der Waals surface area contributed by atoms with Gasteiger partial charge in [0.1, 0.15) is 5.52 Å². The number of nitrogens with one attached hydrogen (secondary N) is 1. The van der Waals surface area contributed by atoms with Gasteiger partial charge in [-0.15, -0.1) is 0 Å². The van der Waals surface area contributed by atoms with Crippen molar-refractivity contribution in [3.05, 3.63) is 87.2 Å². The summed E-state index contributed by atoms with van der Waals surface area (Å²) in [5, 5.41) is 13.3. The van der Waals surface area contributed by atoms with Crippen LogP contribution in [0.3, 0.4) is 0 Å². The third-order valence-corrected chi connectivity index (χ3v) is 4.45. The smallest absolute Gasteiger partial charge is 0.305 e. The number of carbonyl (C=O) groups excluding carboxylic acids is 1. The molecule has 0 aliphatic heterocycles. The number of carbonyl (C=O) groups is 1. The molecule has 4 aromatic rings. The number of anilines is 1. The zero-order chi connectivity index (χ0) is 20.5. The maximum Gasteiger partial charge on any atom is 0.305 e. The van der Waals surface area contributed by atoms with Gasteiger partial charge in [0.2, 0.25) is 11.7 Å². The van der Waals surface area contributed by atoms with Crippen LogP contribution in [0.1, 0.15) is 10.4 Å². The molecule has 0 aliphatic carbocycles. The highest BCUT2D eigenvalue weighted by molar-refractivity contribution is 6.34. The van der Waals surface area contributed by atoms with Crippen LogP contribution < -0.4 is 5.32 Å². The second kappa shape index (κ2) is 7.33. The number of fused-ring (bicyclic) bond motifs is 1. The summed E-state index contributed by atoms with van der Waals surface area (Å²) in [7, 11) is 0. The SMILES string of the molecule is O=C(Nc1cccc(-c2nc3ccccc3o2)c1)c1cc([N+](=O)[O-])c(F)cc1Cl. The quantitative estimate of drug-likeness (QED) is 0.355. The van der Waals surface area contributed by atoms with Gasteiger partial charge in [0.15, 0.2) is 5.58 Å². The van der Waals surface area contributed by atoms with Gasteiger partial charge >= 0.3 is 5.69 Å². The van der Waals surface area contributed by atoms with Gasteiger partial charge in [0, 0.05) is 23.4 Å². The van der Waals surface area contributed by atoms with Crippen LogP contribution in [-0.4, -0.2) is 15.8 Å². The number of halogens is 2. The number of rotatable bonds is 4. The lowest BCUT2D eigenvalue weighted by Gasteiger charge is -2.08. The molecule has 0 atom stereocenters. The molecule has 144 valence electrons. The molecule has 1 heterocycles. The number of benzene rings is 3. The minimum atomic E-state index is -1.12. The van der Waals surface area contributed by atoms with Crippen molar-refractivity contribution in [1.29, 1.82) is 0 Å². The van der Waals surface area contributed by atoms with Crippen molar-refractivity contribution in [1.82, 2.24) is 4.98 Å². The van der Waals surface area contributed by atoms with Gasteiger partial charge in [-0.1, -0.05) is 29.8 Å². The molecule has 0 saturated heterocycles. The second-order valence-electron chi connectivity index (χ2n) is 6.06. The van der Waals surface area contributed by atoms with E-state index in [4.69, 9.17) is 16.0 Å². The number of hydrogen-bond donors (Lipinski definition) is 1. The number of oxazole rings is 1. The summed E-state index contributed by atoms with van der Waals surface area (Å²) in [5.41, 5.74) is 1.28. The Morgan fingerprint density at radius 3 is 2.69 bits per heavy atom. The molecular weight excluding hydrogens is 401 g/mol. The van der Waals surface area contributed by atoms with Crippen LogP contribution in [0, 0.1) is 15.9 Å². The van der Waals surface area contributed by atoms with Crippen molar-refractivity contribution < 1.29 is 18.5 Å². The Kier molecular flexibility index (Phi) is 4.69. The zero-order valence-electron chi connectivity index (χ0n) is 14.6. The molecule has 3 aromatic carbocycles. The van der Waals surface area contributed by atoms with E-state index in [1.165, 1.54) is 0 Å². The number of aromatic nitrogens is 1. The van der Waals surface area contributed by atoms with Crippen molar-refractivity contribution in [3.63, 3.8) is 0 Å². The first kappa shape index (κ1) is 18.6. The lowest BCUT2D eigenvalue weighted by atomic mass is 10.1. The molecule has 4 rings (SSSR count). The maximum absolute atomic E-state index is 13.6. The Balaban J connectivity index is 1.64. The highest BCUT2D eigenvalue weighted by Gasteiger charge is 2.21. The summed E-state index contributed by atoms with van der Waals surface area (Å²) in [4.78, 5) is 26.9. The summed E-state index contributed by atoms with van der Waals surface area (Å²) in [6.45, 7) is 0. The van der Waals surface area contributed by atoms with Gasteiger partial charge in [-0.3, -0.25) is 14.9 Å². The van der Waals surface area contributed by atoms with E-state index in [-0.39, 0.29) is 10.6 Å². The van der Waals surface area contributed by atoms with Crippen LogP contribution in [0.5, 0.6) is 0 Å². The number of nitro benzene ring substituents is 1. The number of nitrogens with zero attached hydrogens (tertiary/aromatic N) is 2. The maximum atomic E-state index is 13.6. The summed E-state index contributed by atoms with van der Waals surface area (Å²) < 4.78 is 19.3. The molecule has 1 amide bonds. The lowest BCUT2D eigenvalue weighted by Crippen LogP contribution is -2.13. The Labute approximate surface area is 167 Å². The van der Waals surface area contributed by atoms with Crippen LogP contribution in [-0.2, 0) is 0 Å². The average Bonchev–Trinajstić information content (AvgIpc) is 3.12. The molecule has 29 heavy (non-hydrogen) atoms. The van der Waals surface area contributed by atoms with E-state index in [1.54, 1.807) is 30.3 Å². The molecule has 0 fully saturated rings. The van der Waals surface area contributed by atoms with Crippen LogP contribution >= 0.6 is 11.6 Å². The number of hydrogen-bond acceptors (Lipinski definition) is 5. The Morgan fingerprint density at radius 1 is 1.14 bits per heavy atom. The fourth-order valence-electron chi connectivity index (χ4n) is 2.78. The second-order valence-corrected chi connectivity index (χ2v) is 6.47. The Morgan fingerprint density at radius 2 is 1.93 bits per heavy atom. The predicted molar refractivity (Wildman–Crippen MR) is 105 cm³/mol. The van der Waals surface area contributed by atoms with Gasteiger partial charge < -0.3 is 9.73 Å². The first-order chi connectivity index (χ1) is 13.9. The van der Waals surface area contributed by atoms with Crippen molar-refractivity contribution in [2.75, 3.05) is 5.32 Å².